The quantitative estimate of drug-likeness (QED) is 0.379. The number of fused-ring (bicyclic) bond motifs is 1. The number of carbonyl (C=O) groups is 2. The lowest BCUT2D eigenvalue weighted by Gasteiger charge is -2.38. The van der Waals surface area contributed by atoms with E-state index in [0.717, 1.165) is 38.0 Å². The number of likely N-dealkylation sites (tertiary alicyclic amines) is 1. The van der Waals surface area contributed by atoms with E-state index in [1.807, 2.05) is 39.6 Å². The Morgan fingerprint density at radius 3 is 2.80 bits per heavy atom. The maximum Gasteiger partial charge on any atom is 0.302 e. The molecule has 5 rings (SSSR count). The fourth-order valence-electron chi connectivity index (χ4n) is 4.70. The van der Waals surface area contributed by atoms with Crippen molar-refractivity contribution >= 4 is 52.0 Å². The zero-order chi connectivity index (χ0) is 24.6. The number of carbonyl (C=O) groups excluding carboxylic acids is 2. The van der Waals surface area contributed by atoms with Gasteiger partial charge >= 0.3 is 5.91 Å². The molecule has 4 heterocycles. The third-order valence-electron chi connectivity index (χ3n) is 6.75. The summed E-state index contributed by atoms with van der Waals surface area (Å²) >= 11 is 1.89. The average molecular weight is 590 g/mol. The third kappa shape index (κ3) is 4.97. The van der Waals surface area contributed by atoms with E-state index in [-0.39, 0.29) is 28.8 Å². The third-order valence-corrected chi connectivity index (χ3v) is 7.55. The lowest BCUT2D eigenvalue weighted by Crippen LogP contribution is -2.53. The summed E-state index contributed by atoms with van der Waals surface area (Å²) in [6.45, 7) is 2.67. The van der Waals surface area contributed by atoms with Gasteiger partial charge in [0.05, 0.1) is 12.1 Å². The molecule has 11 nitrogen and oxygen atoms in total. The lowest BCUT2D eigenvalue weighted by molar-refractivity contribution is -0.132. The predicted octanol–water partition coefficient (Wildman–Crippen LogP) is 0.863. The van der Waals surface area contributed by atoms with E-state index in [1.54, 1.807) is 0 Å². The highest BCUT2D eigenvalue weighted by atomic mass is 127. The molecular weight excluding hydrogens is 563 g/mol. The van der Waals surface area contributed by atoms with Crippen LogP contribution in [0.4, 0.5) is 11.6 Å². The summed E-state index contributed by atoms with van der Waals surface area (Å²) < 4.78 is 5.95. The van der Waals surface area contributed by atoms with Crippen LogP contribution >= 0.6 is 22.6 Å². The van der Waals surface area contributed by atoms with Crippen molar-refractivity contribution in [2.24, 2.45) is 4.99 Å². The first-order chi connectivity index (χ1) is 16.8. The number of ether oxygens (including phenoxy) is 1. The van der Waals surface area contributed by atoms with Crippen LogP contribution in [0.1, 0.15) is 40.9 Å². The number of nitrogens with one attached hydrogen (secondary N) is 2. The molecule has 6 N–H and O–H groups in total. The number of amides is 2. The van der Waals surface area contributed by atoms with E-state index >= 15 is 0 Å². The molecule has 0 bridgehead atoms. The van der Waals surface area contributed by atoms with Crippen LogP contribution in [0.3, 0.4) is 0 Å². The first-order valence-corrected chi connectivity index (χ1v) is 12.7. The minimum atomic E-state index is -0.592. The Balaban J connectivity index is 1.14. The van der Waals surface area contributed by atoms with Crippen LogP contribution in [-0.2, 0) is 17.6 Å². The van der Waals surface area contributed by atoms with Gasteiger partial charge in [-0.2, -0.15) is 4.99 Å². The summed E-state index contributed by atoms with van der Waals surface area (Å²) in [6, 6.07) is 6.20. The van der Waals surface area contributed by atoms with Gasteiger partial charge in [0.25, 0.3) is 0 Å². The second-order valence-electron chi connectivity index (χ2n) is 9.08. The number of aromatic nitrogens is 2. The minimum absolute atomic E-state index is 0.0306. The molecule has 35 heavy (non-hydrogen) atoms. The first-order valence-electron chi connectivity index (χ1n) is 11.6. The Morgan fingerprint density at radius 1 is 1.20 bits per heavy atom. The van der Waals surface area contributed by atoms with Crippen LogP contribution in [0.5, 0.6) is 5.75 Å². The number of rotatable bonds is 4. The molecular formula is C23H27IN8O3. The number of hydrogen-bond acceptors (Lipinski definition) is 7. The van der Waals surface area contributed by atoms with E-state index in [9.17, 15) is 9.59 Å². The lowest BCUT2D eigenvalue weighted by atomic mass is 9.88. The molecule has 0 radical (unpaired) electrons. The van der Waals surface area contributed by atoms with Crippen LogP contribution in [-0.4, -0.2) is 64.4 Å². The fraction of sp³-hybridized carbons (Fsp3) is 0.435. The number of guanidine groups is 1. The SMILES string of the molecule is Nc1nc(N)c(C(=O)/N=C2\NCC3(CCN(C(=O)CCc4ccc5c(c4)CCO5)CC3)N2)nc1I. The van der Waals surface area contributed by atoms with Crippen molar-refractivity contribution < 1.29 is 14.3 Å². The van der Waals surface area contributed by atoms with Gasteiger partial charge in [-0.15, -0.1) is 0 Å². The molecule has 2 aromatic rings. The zero-order valence-electron chi connectivity index (χ0n) is 19.1. The summed E-state index contributed by atoms with van der Waals surface area (Å²) in [7, 11) is 0. The summed E-state index contributed by atoms with van der Waals surface area (Å²) in [4.78, 5) is 39.5. The van der Waals surface area contributed by atoms with Crippen LogP contribution < -0.4 is 26.8 Å². The zero-order valence-corrected chi connectivity index (χ0v) is 21.3. The molecule has 184 valence electrons. The largest absolute Gasteiger partial charge is 0.493 e. The van der Waals surface area contributed by atoms with E-state index in [2.05, 4.69) is 31.7 Å². The van der Waals surface area contributed by atoms with Gasteiger partial charge in [0.1, 0.15) is 9.45 Å². The number of nitrogens with two attached hydrogens (primary N) is 2. The van der Waals surface area contributed by atoms with Crippen LogP contribution in [0.15, 0.2) is 23.2 Å². The number of benzene rings is 1. The number of nitrogen functional groups attached to an aromatic ring is 2. The number of halogens is 1. The van der Waals surface area contributed by atoms with Crippen molar-refractivity contribution in [2.75, 3.05) is 37.7 Å². The van der Waals surface area contributed by atoms with Gasteiger partial charge in [0, 0.05) is 32.5 Å². The number of aryl methyl sites for hydroxylation is 1. The van der Waals surface area contributed by atoms with Crippen molar-refractivity contribution in [1.82, 2.24) is 25.5 Å². The molecule has 0 atom stereocenters. The molecule has 3 aliphatic heterocycles. The molecule has 2 fully saturated rings. The van der Waals surface area contributed by atoms with Crippen molar-refractivity contribution in [3.05, 3.63) is 38.7 Å². The monoisotopic (exact) mass is 590 g/mol. The van der Waals surface area contributed by atoms with Gasteiger partial charge in [0.15, 0.2) is 23.3 Å². The van der Waals surface area contributed by atoms with Gasteiger partial charge in [-0.25, -0.2) is 9.97 Å². The number of aliphatic imine (C=N–C) groups is 1. The van der Waals surface area contributed by atoms with E-state index < -0.39 is 5.91 Å². The number of anilines is 2. The molecule has 0 aliphatic carbocycles. The Labute approximate surface area is 216 Å². The number of hydrogen-bond donors (Lipinski definition) is 4. The Kier molecular flexibility index (Phi) is 6.38. The summed E-state index contributed by atoms with van der Waals surface area (Å²) in [5.74, 6) is 1.03. The smallest absolute Gasteiger partial charge is 0.302 e. The van der Waals surface area contributed by atoms with Crippen molar-refractivity contribution in [3.8, 4) is 5.75 Å². The minimum Gasteiger partial charge on any atom is -0.493 e. The number of piperidine rings is 1. The molecule has 12 heteroatoms. The van der Waals surface area contributed by atoms with Gasteiger partial charge in [0.2, 0.25) is 5.91 Å². The fourth-order valence-corrected chi connectivity index (χ4v) is 5.07. The van der Waals surface area contributed by atoms with Gasteiger partial charge in [-0.05, 0) is 59.0 Å². The second-order valence-corrected chi connectivity index (χ2v) is 10.1. The molecule has 1 aromatic carbocycles. The average Bonchev–Trinajstić information content (AvgIpc) is 3.47. The summed E-state index contributed by atoms with van der Waals surface area (Å²) in [6.07, 6.45) is 3.67. The molecule has 0 unspecified atom stereocenters. The summed E-state index contributed by atoms with van der Waals surface area (Å²) in [5, 5.41) is 6.51. The van der Waals surface area contributed by atoms with E-state index in [0.29, 0.717) is 35.7 Å². The standard InChI is InChI=1S/C23H27IN8O3/c24-18-20(26)29-19(25)17(28-18)21(34)30-22-27-12-23(31-22)6-8-32(9-7-23)16(33)4-2-13-1-3-15-14(11-13)5-10-35-15/h1,3,11H,2,4-10,12H2,(H4,25,26,29)(H2,27,30,31,34). The van der Waals surface area contributed by atoms with Gasteiger partial charge in [-0.1, -0.05) is 12.1 Å². The van der Waals surface area contributed by atoms with Crippen molar-refractivity contribution in [1.29, 1.82) is 0 Å². The van der Waals surface area contributed by atoms with Gasteiger partial charge in [-0.3, -0.25) is 9.59 Å². The Hall–Kier alpha value is -3.16. The molecule has 1 spiro atoms. The predicted molar refractivity (Wildman–Crippen MR) is 139 cm³/mol. The highest BCUT2D eigenvalue weighted by Gasteiger charge is 2.40. The van der Waals surface area contributed by atoms with E-state index in [1.165, 1.54) is 11.1 Å². The maximum atomic E-state index is 12.8. The molecule has 1 aromatic heterocycles. The van der Waals surface area contributed by atoms with E-state index in [4.69, 9.17) is 16.2 Å². The normalized spacial score (nSPS) is 19.2. The number of nitrogens with zero attached hydrogens (tertiary/aromatic N) is 4. The van der Waals surface area contributed by atoms with Crippen molar-refractivity contribution in [3.63, 3.8) is 0 Å². The Morgan fingerprint density at radius 2 is 2.00 bits per heavy atom. The second kappa shape index (κ2) is 9.47. The Bertz CT molecular complexity index is 1210. The van der Waals surface area contributed by atoms with Crippen LogP contribution in [0.2, 0.25) is 0 Å². The summed E-state index contributed by atoms with van der Waals surface area (Å²) in [5.41, 5.74) is 13.6. The van der Waals surface area contributed by atoms with Crippen LogP contribution in [0.25, 0.3) is 0 Å². The highest BCUT2D eigenvalue weighted by Crippen LogP contribution is 2.28. The van der Waals surface area contributed by atoms with Gasteiger partial charge < -0.3 is 31.7 Å². The van der Waals surface area contributed by atoms with Crippen LogP contribution in [0, 0.1) is 3.70 Å². The first kappa shape index (κ1) is 23.6. The van der Waals surface area contributed by atoms with Crippen molar-refractivity contribution in [2.45, 2.75) is 37.6 Å². The maximum absolute atomic E-state index is 12.8. The molecule has 0 saturated carbocycles. The molecule has 2 amide bonds. The molecule has 3 aliphatic rings. The topological polar surface area (TPSA) is 161 Å². The highest BCUT2D eigenvalue weighted by molar-refractivity contribution is 14.1. The molecule has 2 saturated heterocycles.